The van der Waals surface area contributed by atoms with Crippen LogP contribution in [0.4, 0.5) is 0 Å². The lowest BCUT2D eigenvalue weighted by atomic mass is 10.2. The average Bonchev–Trinajstić information content (AvgIpc) is 2.03. The SMILES string of the molecule is NC1CCOC(=O)CC(=O)OCC1. The Morgan fingerprint density at radius 1 is 1.08 bits per heavy atom. The van der Waals surface area contributed by atoms with E-state index in [1.165, 1.54) is 0 Å². The second-order valence-electron chi connectivity index (χ2n) is 2.96. The van der Waals surface area contributed by atoms with Gasteiger partial charge in [-0.1, -0.05) is 0 Å². The Morgan fingerprint density at radius 2 is 1.54 bits per heavy atom. The molecule has 0 spiro atoms. The lowest BCUT2D eigenvalue weighted by molar-refractivity contribution is -0.155. The van der Waals surface area contributed by atoms with Gasteiger partial charge in [-0.3, -0.25) is 9.59 Å². The summed E-state index contributed by atoms with van der Waals surface area (Å²) in [4.78, 5) is 21.7. The van der Waals surface area contributed by atoms with Crippen molar-refractivity contribution in [1.29, 1.82) is 0 Å². The van der Waals surface area contributed by atoms with Gasteiger partial charge in [0, 0.05) is 6.04 Å². The zero-order valence-electron chi connectivity index (χ0n) is 7.32. The molecule has 1 fully saturated rings. The quantitative estimate of drug-likeness (QED) is 0.411. The number of ether oxygens (including phenoxy) is 2. The smallest absolute Gasteiger partial charge is 0.317 e. The molecule has 0 atom stereocenters. The highest BCUT2D eigenvalue weighted by atomic mass is 16.6. The normalized spacial score (nSPS) is 21.9. The predicted molar refractivity (Wildman–Crippen MR) is 43.7 cm³/mol. The first-order valence-electron chi connectivity index (χ1n) is 4.25. The van der Waals surface area contributed by atoms with Crippen LogP contribution in [0.15, 0.2) is 0 Å². The molecule has 1 rings (SSSR count). The highest BCUT2D eigenvalue weighted by molar-refractivity contribution is 5.91. The van der Waals surface area contributed by atoms with Crippen molar-refractivity contribution in [2.24, 2.45) is 5.73 Å². The molecule has 0 amide bonds. The molecule has 2 N–H and O–H groups in total. The van der Waals surface area contributed by atoms with E-state index in [0.717, 1.165) is 0 Å². The van der Waals surface area contributed by atoms with Crippen molar-refractivity contribution in [2.45, 2.75) is 25.3 Å². The van der Waals surface area contributed by atoms with Gasteiger partial charge >= 0.3 is 11.9 Å². The number of nitrogens with two attached hydrogens (primary N) is 1. The van der Waals surface area contributed by atoms with Gasteiger partial charge in [-0.05, 0) is 12.8 Å². The van der Waals surface area contributed by atoms with Gasteiger partial charge in [0.05, 0.1) is 13.2 Å². The number of hydrogen-bond acceptors (Lipinski definition) is 5. The molecule has 74 valence electrons. The number of rotatable bonds is 0. The molecule has 0 aromatic rings. The molecule has 0 aromatic carbocycles. The minimum atomic E-state index is -0.542. The minimum Gasteiger partial charge on any atom is -0.465 e. The van der Waals surface area contributed by atoms with E-state index in [0.29, 0.717) is 12.8 Å². The van der Waals surface area contributed by atoms with Crippen LogP contribution in [0.1, 0.15) is 19.3 Å². The van der Waals surface area contributed by atoms with Crippen LogP contribution in [0.5, 0.6) is 0 Å². The molecule has 0 bridgehead atoms. The molecule has 1 aliphatic heterocycles. The number of carbonyl (C=O) groups is 2. The second-order valence-corrected chi connectivity index (χ2v) is 2.96. The first-order chi connectivity index (χ1) is 6.18. The van der Waals surface area contributed by atoms with Crippen LogP contribution >= 0.6 is 0 Å². The van der Waals surface area contributed by atoms with Crippen molar-refractivity contribution in [2.75, 3.05) is 13.2 Å². The Morgan fingerprint density at radius 3 is 2.00 bits per heavy atom. The fraction of sp³-hybridized carbons (Fsp3) is 0.750. The maximum atomic E-state index is 10.9. The molecule has 0 saturated carbocycles. The zero-order valence-corrected chi connectivity index (χ0v) is 7.32. The largest absolute Gasteiger partial charge is 0.465 e. The van der Waals surface area contributed by atoms with Crippen LogP contribution in [-0.4, -0.2) is 31.2 Å². The summed E-state index contributed by atoms with van der Waals surface area (Å²) in [6, 6.07) is -0.0706. The van der Waals surface area contributed by atoms with E-state index in [-0.39, 0.29) is 25.7 Å². The molecule has 13 heavy (non-hydrogen) atoms. The fourth-order valence-corrected chi connectivity index (χ4v) is 1.01. The van der Waals surface area contributed by atoms with Crippen LogP contribution in [0.3, 0.4) is 0 Å². The number of hydrogen-bond donors (Lipinski definition) is 1. The summed E-state index contributed by atoms with van der Waals surface area (Å²) >= 11 is 0. The van der Waals surface area contributed by atoms with Gasteiger partial charge in [0.25, 0.3) is 0 Å². The van der Waals surface area contributed by atoms with Crippen LogP contribution in [0.25, 0.3) is 0 Å². The molecule has 0 aliphatic carbocycles. The summed E-state index contributed by atoms with van der Waals surface area (Å²) in [6.07, 6.45) is 0.932. The van der Waals surface area contributed by atoms with E-state index in [1.54, 1.807) is 0 Å². The van der Waals surface area contributed by atoms with Crippen molar-refractivity contribution >= 4 is 11.9 Å². The summed E-state index contributed by atoms with van der Waals surface area (Å²) in [5.74, 6) is -1.08. The molecule has 0 radical (unpaired) electrons. The highest BCUT2D eigenvalue weighted by Crippen LogP contribution is 2.01. The lowest BCUT2D eigenvalue weighted by Crippen LogP contribution is -2.27. The Labute approximate surface area is 76.2 Å². The van der Waals surface area contributed by atoms with Gasteiger partial charge in [-0.15, -0.1) is 0 Å². The number of esters is 2. The van der Waals surface area contributed by atoms with E-state index in [1.807, 2.05) is 0 Å². The Bertz CT molecular complexity index is 184. The second kappa shape index (κ2) is 4.81. The predicted octanol–water partition coefficient (Wildman–Crippen LogP) is -0.416. The van der Waals surface area contributed by atoms with Gasteiger partial charge in [0.2, 0.25) is 0 Å². The highest BCUT2D eigenvalue weighted by Gasteiger charge is 2.15. The van der Waals surface area contributed by atoms with E-state index < -0.39 is 11.9 Å². The van der Waals surface area contributed by atoms with Gasteiger partial charge in [-0.2, -0.15) is 0 Å². The summed E-state index contributed by atoms with van der Waals surface area (Å²) in [5.41, 5.74) is 5.63. The topological polar surface area (TPSA) is 78.6 Å². The molecule has 5 heteroatoms. The Kier molecular flexibility index (Phi) is 3.70. The van der Waals surface area contributed by atoms with Crippen LogP contribution in [0, 0.1) is 0 Å². The summed E-state index contributed by atoms with van der Waals surface area (Å²) in [5, 5.41) is 0. The standard InChI is InChI=1S/C8H13NO4/c9-6-1-3-12-7(10)5-8(11)13-4-2-6/h6H,1-5,9H2. The zero-order chi connectivity index (χ0) is 9.68. The van der Waals surface area contributed by atoms with Gasteiger partial charge in [0.15, 0.2) is 0 Å². The van der Waals surface area contributed by atoms with Crippen molar-refractivity contribution in [3.8, 4) is 0 Å². The molecular weight excluding hydrogens is 174 g/mol. The van der Waals surface area contributed by atoms with Crippen LogP contribution in [0.2, 0.25) is 0 Å². The van der Waals surface area contributed by atoms with Crippen molar-refractivity contribution in [3.05, 3.63) is 0 Å². The Hall–Kier alpha value is -1.10. The molecule has 1 aliphatic rings. The first kappa shape index (κ1) is 9.98. The minimum absolute atomic E-state index is 0.0706. The maximum Gasteiger partial charge on any atom is 0.317 e. The van der Waals surface area contributed by atoms with Crippen LogP contribution in [-0.2, 0) is 19.1 Å². The Balaban J connectivity index is 2.41. The third kappa shape index (κ3) is 3.89. The van der Waals surface area contributed by atoms with Crippen molar-refractivity contribution < 1.29 is 19.1 Å². The summed E-state index contributed by atoms with van der Waals surface area (Å²) in [7, 11) is 0. The van der Waals surface area contributed by atoms with Crippen molar-refractivity contribution in [1.82, 2.24) is 0 Å². The van der Waals surface area contributed by atoms with Crippen LogP contribution < -0.4 is 5.73 Å². The van der Waals surface area contributed by atoms with E-state index >= 15 is 0 Å². The third-order valence-electron chi connectivity index (χ3n) is 1.79. The molecule has 1 saturated heterocycles. The monoisotopic (exact) mass is 187 g/mol. The van der Waals surface area contributed by atoms with Crippen molar-refractivity contribution in [3.63, 3.8) is 0 Å². The molecule has 5 nitrogen and oxygen atoms in total. The van der Waals surface area contributed by atoms with E-state index in [4.69, 9.17) is 15.2 Å². The van der Waals surface area contributed by atoms with E-state index in [9.17, 15) is 9.59 Å². The average molecular weight is 187 g/mol. The van der Waals surface area contributed by atoms with E-state index in [2.05, 4.69) is 0 Å². The maximum absolute atomic E-state index is 10.9. The molecule has 0 unspecified atom stereocenters. The molecule has 1 heterocycles. The number of carbonyl (C=O) groups excluding carboxylic acids is 2. The third-order valence-corrected chi connectivity index (χ3v) is 1.79. The fourth-order valence-electron chi connectivity index (χ4n) is 1.01. The summed E-state index contributed by atoms with van der Waals surface area (Å²) < 4.78 is 9.48. The molecular formula is C8H13NO4. The van der Waals surface area contributed by atoms with Gasteiger partial charge in [0.1, 0.15) is 6.42 Å². The number of cyclic esters (lactones) is 2. The van der Waals surface area contributed by atoms with Gasteiger partial charge in [-0.25, -0.2) is 0 Å². The molecule has 0 aromatic heterocycles. The first-order valence-corrected chi connectivity index (χ1v) is 4.25. The van der Waals surface area contributed by atoms with Gasteiger partial charge < -0.3 is 15.2 Å². The lowest BCUT2D eigenvalue weighted by Gasteiger charge is -2.14. The summed E-state index contributed by atoms with van der Waals surface area (Å²) in [6.45, 7) is 0.570.